The fourth-order valence-electron chi connectivity index (χ4n) is 6.89. The van der Waals surface area contributed by atoms with E-state index in [9.17, 15) is 48.6 Å². The summed E-state index contributed by atoms with van der Waals surface area (Å²) in [6.07, 6.45) is 34.4. The van der Waals surface area contributed by atoms with Crippen molar-refractivity contribution in [2.75, 3.05) is 25.6 Å². The van der Waals surface area contributed by atoms with Crippen LogP contribution in [-0.2, 0) is 46.3 Å². The predicted octanol–water partition coefficient (Wildman–Crippen LogP) is 9.08. The summed E-state index contributed by atoms with van der Waals surface area (Å²) >= 11 is 0. The number of phosphoric acid groups is 2. The molecule has 19 nitrogen and oxygen atoms in total. The van der Waals surface area contributed by atoms with Crippen LogP contribution in [0, 0.1) is 0 Å². The van der Waals surface area contributed by atoms with Crippen LogP contribution >= 0.6 is 15.6 Å². The maximum Gasteiger partial charge on any atom is 0.481 e. The standard InChI is InChI=1S/C50H81N3O16P2/c1-3-5-7-9-11-12-13-14-15-16-17-18-22-26-30-34-45(55)64-38-42(67-46(56)35-31-27-23-19-21-25-29-33-41(54)32-28-24-20-10-8-6-4-2)39-65-70(60,61)69-71(62,63)66-40-43-47(57)48(58)49(68-43)53-37-36-44(51)52-50(53)59/h11-12,14-15,19-20,23-25,28-29,32,36-37,41-43,47-49,54,57-58H,3-10,13,16-18,21-22,26-27,30-31,33-35,38-40H2,1-2H3,(H,60,61)(H,62,63)(H2,51,52,59)/b12-11-,15-14-,23-19+,24-20-,29-25-,32-28-/t41-,42+,43+,47+,48+,49+/m0/s1. The Balaban J connectivity index is 1.86. The molecule has 8 atom stereocenters. The van der Waals surface area contributed by atoms with Crippen molar-refractivity contribution in [1.29, 1.82) is 0 Å². The fraction of sp³-hybridized carbons (Fsp3) is 0.640. The maximum atomic E-state index is 12.8. The lowest BCUT2D eigenvalue weighted by Gasteiger charge is -2.21. The van der Waals surface area contributed by atoms with E-state index in [0.717, 1.165) is 68.6 Å². The lowest BCUT2D eigenvalue weighted by molar-refractivity contribution is -0.161. The lowest BCUT2D eigenvalue weighted by atomic mass is 10.1. The Morgan fingerprint density at radius 3 is 1.99 bits per heavy atom. The molecule has 2 heterocycles. The van der Waals surface area contributed by atoms with Crippen LogP contribution in [0.1, 0.15) is 155 Å². The van der Waals surface area contributed by atoms with Gasteiger partial charge < -0.3 is 45.1 Å². The molecule has 0 bridgehead atoms. The molecule has 1 saturated heterocycles. The molecule has 0 saturated carbocycles. The number of nitrogens with two attached hydrogens (primary N) is 1. The summed E-state index contributed by atoms with van der Waals surface area (Å²) in [7, 11) is -10.9. The van der Waals surface area contributed by atoms with E-state index in [4.69, 9.17) is 29.0 Å². The summed E-state index contributed by atoms with van der Waals surface area (Å²) in [4.78, 5) is 61.8. The molecule has 0 spiro atoms. The van der Waals surface area contributed by atoms with Gasteiger partial charge in [0.2, 0.25) is 0 Å². The van der Waals surface area contributed by atoms with Crippen LogP contribution in [-0.4, -0.2) is 96.9 Å². The smallest absolute Gasteiger partial charge is 0.462 e. The van der Waals surface area contributed by atoms with Crippen molar-refractivity contribution in [2.24, 2.45) is 0 Å². The molecule has 0 aliphatic carbocycles. The van der Waals surface area contributed by atoms with Crippen LogP contribution in [0.5, 0.6) is 0 Å². The molecule has 1 aliphatic rings. The summed E-state index contributed by atoms with van der Waals surface area (Å²) < 4.78 is 56.6. The number of hydrogen-bond donors (Lipinski definition) is 6. The first kappa shape index (κ1) is 63.3. The van der Waals surface area contributed by atoms with Gasteiger partial charge in [-0.25, -0.2) is 13.9 Å². The monoisotopic (exact) mass is 1040 g/mol. The first-order chi connectivity index (χ1) is 34.1. The van der Waals surface area contributed by atoms with E-state index in [0.29, 0.717) is 32.1 Å². The van der Waals surface area contributed by atoms with Crippen molar-refractivity contribution in [2.45, 2.75) is 185 Å². The third kappa shape index (κ3) is 30.7. The number of hydrogen-bond acceptors (Lipinski definition) is 16. The first-order valence-electron chi connectivity index (χ1n) is 25.1. The summed E-state index contributed by atoms with van der Waals surface area (Å²) in [5.74, 6) is -1.43. The van der Waals surface area contributed by atoms with E-state index in [2.05, 4.69) is 53.5 Å². The number of rotatable bonds is 40. The summed E-state index contributed by atoms with van der Waals surface area (Å²) in [6, 6.07) is 1.24. The normalized spacial score (nSPS) is 20.2. The van der Waals surface area contributed by atoms with Crippen molar-refractivity contribution in [3.05, 3.63) is 95.7 Å². The maximum absolute atomic E-state index is 12.8. The van der Waals surface area contributed by atoms with Crippen molar-refractivity contribution >= 4 is 33.4 Å². The van der Waals surface area contributed by atoms with Crippen LogP contribution in [0.25, 0.3) is 0 Å². The summed E-state index contributed by atoms with van der Waals surface area (Å²) in [5.41, 5.74) is 4.57. The molecular formula is C50H81N3O16P2. The molecule has 0 amide bonds. The molecule has 1 aromatic heterocycles. The van der Waals surface area contributed by atoms with Gasteiger partial charge in [0.1, 0.15) is 30.7 Å². The molecule has 402 valence electrons. The molecule has 2 unspecified atom stereocenters. The quantitative estimate of drug-likeness (QED) is 0.0117. The van der Waals surface area contributed by atoms with E-state index < -0.39 is 89.8 Å². The van der Waals surface area contributed by atoms with Crippen LogP contribution in [0.4, 0.5) is 5.82 Å². The van der Waals surface area contributed by atoms with Gasteiger partial charge in [-0.1, -0.05) is 132 Å². The van der Waals surface area contributed by atoms with E-state index in [-0.39, 0.29) is 18.7 Å². The number of ether oxygens (including phenoxy) is 3. The molecule has 2 rings (SSSR count). The molecular weight excluding hydrogens is 961 g/mol. The van der Waals surface area contributed by atoms with Gasteiger partial charge in [0, 0.05) is 19.0 Å². The number of anilines is 1. The zero-order chi connectivity index (χ0) is 52.2. The minimum absolute atomic E-state index is 0.0662. The summed E-state index contributed by atoms with van der Waals surface area (Å²) in [6.45, 7) is 1.94. The Hall–Kier alpha value is -3.84. The van der Waals surface area contributed by atoms with Crippen LogP contribution in [0.2, 0.25) is 0 Å². The van der Waals surface area contributed by atoms with Crippen LogP contribution < -0.4 is 11.4 Å². The van der Waals surface area contributed by atoms with Gasteiger partial charge in [-0.2, -0.15) is 9.29 Å². The van der Waals surface area contributed by atoms with E-state index in [1.807, 2.05) is 36.5 Å². The number of allylic oxidation sites excluding steroid dienone is 10. The van der Waals surface area contributed by atoms with Gasteiger partial charge >= 0.3 is 33.3 Å². The third-order valence-electron chi connectivity index (χ3n) is 10.8. The average molecular weight is 1040 g/mol. The van der Waals surface area contributed by atoms with Gasteiger partial charge in [0.05, 0.1) is 19.3 Å². The molecule has 21 heteroatoms. The number of phosphoric ester groups is 2. The highest BCUT2D eigenvalue weighted by molar-refractivity contribution is 7.61. The van der Waals surface area contributed by atoms with Crippen molar-refractivity contribution in [1.82, 2.24) is 9.55 Å². The Bertz CT molecular complexity index is 1990. The Labute approximate surface area is 419 Å². The van der Waals surface area contributed by atoms with Gasteiger partial charge in [0.25, 0.3) is 0 Å². The number of unbranched alkanes of at least 4 members (excludes halogenated alkanes) is 12. The zero-order valence-corrected chi connectivity index (χ0v) is 43.4. The van der Waals surface area contributed by atoms with Crippen molar-refractivity contribution in [3.8, 4) is 0 Å². The Morgan fingerprint density at radius 2 is 1.32 bits per heavy atom. The number of nitrogens with zero attached hydrogens (tertiary/aromatic N) is 2. The number of carbonyl (C=O) groups is 2. The van der Waals surface area contributed by atoms with E-state index in [1.165, 1.54) is 38.2 Å². The van der Waals surface area contributed by atoms with Crippen LogP contribution in [0.15, 0.2) is 90.0 Å². The van der Waals surface area contributed by atoms with E-state index >= 15 is 0 Å². The largest absolute Gasteiger partial charge is 0.481 e. The third-order valence-corrected chi connectivity index (χ3v) is 13.4. The second kappa shape index (κ2) is 37.8. The highest BCUT2D eigenvalue weighted by Gasteiger charge is 2.46. The second-order valence-corrected chi connectivity index (χ2v) is 20.2. The molecule has 1 fully saturated rings. The van der Waals surface area contributed by atoms with E-state index in [1.54, 1.807) is 6.08 Å². The second-order valence-electron chi connectivity index (χ2n) is 17.2. The average Bonchev–Trinajstić information content (AvgIpc) is 3.60. The molecule has 71 heavy (non-hydrogen) atoms. The zero-order valence-electron chi connectivity index (χ0n) is 41.6. The predicted molar refractivity (Wildman–Crippen MR) is 271 cm³/mol. The van der Waals surface area contributed by atoms with Gasteiger partial charge in [0.15, 0.2) is 12.3 Å². The molecule has 0 radical (unpaired) electrons. The highest BCUT2D eigenvalue weighted by atomic mass is 31.3. The lowest BCUT2D eigenvalue weighted by Crippen LogP contribution is -2.36. The number of nitrogen functional groups attached to an aromatic ring is 1. The number of carbonyl (C=O) groups excluding carboxylic acids is 2. The fourth-order valence-corrected chi connectivity index (χ4v) is 9.00. The number of aliphatic hydroxyl groups is 3. The van der Waals surface area contributed by atoms with Crippen molar-refractivity contribution in [3.63, 3.8) is 0 Å². The highest BCUT2D eigenvalue weighted by Crippen LogP contribution is 2.60. The Morgan fingerprint density at radius 1 is 0.746 bits per heavy atom. The minimum atomic E-state index is -5.45. The van der Waals surface area contributed by atoms with Gasteiger partial charge in [-0.15, -0.1) is 0 Å². The molecule has 7 N–H and O–H groups in total. The minimum Gasteiger partial charge on any atom is -0.462 e. The van der Waals surface area contributed by atoms with Gasteiger partial charge in [-0.05, 0) is 83.1 Å². The number of aliphatic hydroxyl groups excluding tert-OH is 3. The molecule has 1 aromatic rings. The van der Waals surface area contributed by atoms with Crippen LogP contribution in [0.3, 0.4) is 0 Å². The van der Waals surface area contributed by atoms with Gasteiger partial charge in [-0.3, -0.25) is 23.2 Å². The Kier molecular flexibility index (Phi) is 33.7. The topological polar surface area (TPSA) is 286 Å². The van der Waals surface area contributed by atoms with Crippen molar-refractivity contribution < 1.29 is 71.4 Å². The number of esters is 2. The molecule has 0 aromatic carbocycles. The summed E-state index contributed by atoms with van der Waals surface area (Å²) in [5, 5.41) is 31.0. The molecule has 1 aliphatic heterocycles. The first-order valence-corrected chi connectivity index (χ1v) is 28.0. The number of aromatic nitrogens is 2. The SMILES string of the molecule is CCCCC/C=C\C=C/[C@H](O)C/C=C\C/C=C/CCCC(=O)O[C@H](COC(=O)CCCCCCC/C=C\C/C=C\CCCCC)COP(=O)(O)OP(=O)(O)OC[C@H]1O[C@@H](n2ccc(N)nc2=O)[C@H](O)[C@@H]1O.